The minimum absolute atomic E-state index is 0.0741. The summed E-state index contributed by atoms with van der Waals surface area (Å²) in [5, 5.41) is 0. The molecule has 0 aliphatic carbocycles. The van der Waals surface area contributed by atoms with E-state index in [2.05, 4.69) is 4.74 Å². The van der Waals surface area contributed by atoms with Crippen LogP contribution in [0.5, 0.6) is 0 Å². The molecule has 0 saturated carbocycles. The van der Waals surface area contributed by atoms with E-state index in [1.54, 1.807) is 0 Å². The Hall–Kier alpha value is -0.110. The van der Waals surface area contributed by atoms with Crippen molar-refractivity contribution in [2.24, 2.45) is 0 Å². The number of ether oxygens (including phenoxy) is 1. The predicted octanol–water partition coefficient (Wildman–Crippen LogP) is 1.73. The van der Waals surface area contributed by atoms with Crippen molar-refractivity contribution in [1.29, 1.82) is 0 Å². The highest BCUT2D eigenvalue weighted by Crippen LogP contribution is 1.93. The number of halogens is 1. The van der Waals surface area contributed by atoms with Crippen molar-refractivity contribution in [2.75, 3.05) is 6.86 Å². The number of rotatable bonds is 3. The van der Waals surface area contributed by atoms with E-state index >= 15 is 0 Å². The molecule has 0 aromatic heterocycles. The van der Waals surface area contributed by atoms with Crippen molar-refractivity contribution < 1.29 is 9.13 Å². The molecule has 2 heteroatoms. The van der Waals surface area contributed by atoms with Gasteiger partial charge in [0.25, 0.3) is 0 Å². The van der Waals surface area contributed by atoms with Crippen molar-refractivity contribution in [1.82, 2.24) is 0 Å². The molecule has 44 valence electrons. The summed E-state index contributed by atoms with van der Waals surface area (Å²) in [7, 11) is 0. The number of alkyl halides is 1. The third kappa shape index (κ3) is 3.73. The molecule has 0 saturated heterocycles. The van der Waals surface area contributed by atoms with Crippen LogP contribution in [0, 0.1) is 0 Å². The molecule has 0 aliphatic rings. The summed E-state index contributed by atoms with van der Waals surface area (Å²) in [6.07, 6.45) is 0.953. The molecule has 7 heavy (non-hydrogen) atoms. The van der Waals surface area contributed by atoms with Crippen molar-refractivity contribution in [3.8, 4) is 0 Å². The first kappa shape index (κ1) is 6.89. The average Bonchev–Trinajstić information content (AvgIpc) is 1.68. The highest BCUT2D eigenvalue weighted by molar-refractivity contribution is 4.39. The third-order valence-electron chi connectivity index (χ3n) is 0.922. The van der Waals surface area contributed by atoms with E-state index in [4.69, 9.17) is 0 Å². The number of hydrogen-bond acceptors (Lipinski definition) is 1. The lowest BCUT2D eigenvalue weighted by molar-refractivity contribution is 0.00398. The minimum atomic E-state index is -0.658. The molecular formula is C5H11FO. The van der Waals surface area contributed by atoms with Gasteiger partial charge in [0, 0.05) is 0 Å². The maximum atomic E-state index is 11.2. The number of hydrogen-bond donors (Lipinski definition) is 0. The summed E-state index contributed by atoms with van der Waals surface area (Å²) in [6, 6.07) is 0. The van der Waals surface area contributed by atoms with Gasteiger partial charge in [0.2, 0.25) is 0 Å². The Kier molecular flexibility index (Phi) is 4.00. The Morgan fingerprint density at radius 1 is 1.71 bits per heavy atom. The first-order valence-corrected chi connectivity index (χ1v) is 2.48. The van der Waals surface area contributed by atoms with Gasteiger partial charge in [-0.15, -0.1) is 0 Å². The van der Waals surface area contributed by atoms with Crippen LogP contribution in [0.2, 0.25) is 0 Å². The van der Waals surface area contributed by atoms with E-state index in [9.17, 15) is 4.39 Å². The predicted molar refractivity (Wildman–Crippen MR) is 26.8 cm³/mol. The van der Waals surface area contributed by atoms with Gasteiger partial charge in [-0.25, -0.2) is 4.39 Å². The van der Waals surface area contributed by atoms with Crippen LogP contribution in [-0.4, -0.2) is 13.0 Å². The summed E-state index contributed by atoms with van der Waals surface area (Å²) in [6.45, 7) is 3.15. The largest absolute Gasteiger partial charge is 0.348 e. The van der Waals surface area contributed by atoms with Crippen molar-refractivity contribution >= 4 is 0 Å². The smallest absolute Gasteiger partial charge is 0.188 e. The fourth-order valence-corrected chi connectivity index (χ4v) is 0.225. The Labute approximate surface area is 43.5 Å². The second kappa shape index (κ2) is 4.06. The molecule has 0 heterocycles. The van der Waals surface area contributed by atoms with E-state index < -0.39 is 6.86 Å². The molecule has 0 spiro atoms. The van der Waals surface area contributed by atoms with Gasteiger partial charge in [0.05, 0.1) is 6.10 Å². The van der Waals surface area contributed by atoms with Crippen LogP contribution in [0.1, 0.15) is 20.3 Å². The zero-order chi connectivity index (χ0) is 5.70. The molecular weight excluding hydrogens is 95.1 g/mol. The molecule has 0 aliphatic heterocycles. The lowest BCUT2D eigenvalue weighted by Crippen LogP contribution is -2.03. The van der Waals surface area contributed by atoms with E-state index in [0.717, 1.165) is 6.42 Å². The summed E-state index contributed by atoms with van der Waals surface area (Å²) in [5.74, 6) is 0. The Morgan fingerprint density at radius 3 is 2.43 bits per heavy atom. The van der Waals surface area contributed by atoms with Crippen LogP contribution >= 0.6 is 0 Å². The SMILES string of the molecule is CCC(C)OCF. The fraction of sp³-hybridized carbons (Fsp3) is 1.00. The zero-order valence-electron chi connectivity index (χ0n) is 4.78. The molecule has 1 atom stereocenters. The van der Waals surface area contributed by atoms with Crippen LogP contribution < -0.4 is 0 Å². The van der Waals surface area contributed by atoms with E-state index in [0.29, 0.717) is 0 Å². The molecule has 1 unspecified atom stereocenters. The highest BCUT2D eigenvalue weighted by Gasteiger charge is 1.93. The second-order valence-electron chi connectivity index (χ2n) is 1.49. The molecule has 0 rings (SSSR count). The monoisotopic (exact) mass is 106 g/mol. The normalized spacial score (nSPS) is 14.1. The van der Waals surface area contributed by atoms with Gasteiger partial charge in [-0.1, -0.05) is 6.92 Å². The van der Waals surface area contributed by atoms with Crippen LogP contribution in [0.15, 0.2) is 0 Å². The van der Waals surface area contributed by atoms with Crippen LogP contribution in [0.3, 0.4) is 0 Å². The maximum absolute atomic E-state index is 11.2. The van der Waals surface area contributed by atoms with Crippen molar-refractivity contribution in [2.45, 2.75) is 26.4 Å². The van der Waals surface area contributed by atoms with Gasteiger partial charge in [0.15, 0.2) is 6.86 Å². The van der Waals surface area contributed by atoms with E-state index in [1.807, 2.05) is 13.8 Å². The third-order valence-corrected chi connectivity index (χ3v) is 0.922. The lowest BCUT2D eigenvalue weighted by Gasteiger charge is -2.03. The molecule has 0 bridgehead atoms. The highest BCUT2D eigenvalue weighted by atomic mass is 19.1. The Bertz CT molecular complexity index is 39.1. The minimum Gasteiger partial charge on any atom is -0.348 e. The molecule has 0 radical (unpaired) electrons. The Morgan fingerprint density at radius 2 is 2.29 bits per heavy atom. The van der Waals surface area contributed by atoms with Crippen LogP contribution in [-0.2, 0) is 4.74 Å². The first-order chi connectivity index (χ1) is 3.31. The fourth-order valence-electron chi connectivity index (χ4n) is 0.225. The molecule has 0 aromatic rings. The van der Waals surface area contributed by atoms with Gasteiger partial charge in [0.1, 0.15) is 0 Å². The maximum Gasteiger partial charge on any atom is 0.188 e. The quantitative estimate of drug-likeness (QED) is 0.532. The molecule has 0 N–H and O–H groups in total. The first-order valence-electron chi connectivity index (χ1n) is 2.48. The van der Waals surface area contributed by atoms with E-state index in [-0.39, 0.29) is 6.10 Å². The summed E-state index contributed by atoms with van der Waals surface area (Å²) in [5.41, 5.74) is 0. The average molecular weight is 106 g/mol. The van der Waals surface area contributed by atoms with Gasteiger partial charge >= 0.3 is 0 Å². The molecule has 1 nitrogen and oxygen atoms in total. The molecule has 0 aromatic carbocycles. The Balaban J connectivity index is 2.83. The summed E-state index contributed by atoms with van der Waals surface area (Å²) < 4.78 is 15.7. The van der Waals surface area contributed by atoms with Crippen molar-refractivity contribution in [3.05, 3.63) is 0 Å². The van der Waals surface area contributed by atoms with Gasteiger partial charge in [-0.2, -0.15) is 0 Å². The molecule has 0 fully saturated rings. The van der Waals surface area contributed by atoms with Gasteiger partial charge in [-0.3, -0.25) is 0 Å². The standard InChI is InChI=1S/C5H11FO/c1-3-5(2)7-4-6/h5H,3-4H2,1-2H3. The van der Waals surface area contributed by atoms with Crippen LogP contribution in [0.4, 0.5) is 4.39 Å². The second-order valence-corrected chi connectivity index (χ2v) is 1.49. The lowest BCUT2D eigenvalue weighted by atomic mass is 10.3. The van der Waals surface area contributed by atoms with Crippen LogP contribution in [0.25, 0.3) is 0 Å². The van der Waals surface area contributed by atoms with E-state index in [1.165, 1.54) is 0 Å². The van der Waals surface area contributed by atoms with Gasteiger partial charge in [-0.05, 0) is 13.3 Å². The van der Waals surface area contributed by atoms with Gasteiger partial charge < -0.3 is 4.74 Å². The topological polar surface area (TPSA) is 9.23 Å². The van der Waals surface area contributed by atoms with Crippen molar-refractivity contribution in [3.63, 3.8) is 0 Å². The summed E-state index contributed by atoms with van der Waals surface area (Å²) >= 11 is 0. The molecule has 0 amide bonds. The summed E-state index contributed by atoms with van der Waals surface area (Å²) in [4.78, 5) is 0. The zero-order valence-corrected chi connectivity index (χ0v) is 4.78.